The predicted octanol–water partition coefficient (Wildman–Crippen LogP) is 1.25. The number of carbonyl (C=O) groups is 2. The molecule has 0 spiro atoms. The summed E-state index contributed by atoms with van der Waals surface area (Å²) in [4.78, 5) is 25.8. The van der Waals surface area contributed by atoms with Crippen LogP contribution >= 0.6 is 12.4 Å². The van der Waals surface area contributed by atoms with Gasteiger partial charge in [-0.15, -0.1) is 12.4 Å². The molecule has 0 aromatic rings. The van der Waals surface area contributed by atoms with Gasteiger partial charge in [-0.25, -0.2) is 4.79 Å². The van der Waals surface area contributed by atoms with Crippen molar-refractivity contribution in [2.24, 2.45) is 0 Å². The van der Waals surface area contributed by atoms with Gasteiger partial charge in [0.15, 0.2) is 0 Å². The number of imide groups is 1. The molecule has 1 saturated carbocycles. The predicted molar refractivity (Wildman–Crippen MR) is 89.3 cm³/mol. The Morgan fingerprint density at radius 2 is 1.73 bits per heavy atom. The Balaban J connectivity index is 0.00000242. The molecule has 2 fully saturated rings. The quantitative estimate of drug-likeness (QED) is 0.724. The van der Waals surface area contributed by atoms with Crippen LogP contribution in [0, 0.1) is 0 Å². The summed E-state index contributed by atoms with van der Waals surface area (Å²) in [6.07, 6.45) is 7.73. The van der Waals surface area contributed by atoms with Crippen molar-refractivity contribution >= 4 is 24.3 Å². The number of rotatable bonds is 4. The van der Waals surface area contributed by atoms with Gasteiger partial charge in [-0.2, -0.15) is 0 Å². The molecule has 1 saturated heterocycles. The van der Waals surface area contributed by atoms with Crippen molar-refractivity contribution in [3.05, 3.63) is 0 Å². The lowest BCUT2D eigenvalue weighted by Crippen LogP contribution is -2.50. The Kier molecular flexibility index (Phi) is 8.75. The van der Waals surface area contributed by atoms with Gasteiger partial charge in [-0.05, 0) is 45.8 Å². The number of carbonyl (C=O) groups excluding carboxylic acids is 2. The van der Waals surface area contributed by atoms with E-state index in [1.807, 2.05) is 11.9 Å². The van der Waals surface area contributed by atoms with Crippen LogP contribution in [-0.2, 0) is 4.79 Å². The zero-order valence-corrected chi connectivity index (χ0v) is 14.2. The lowest BCUT2D eigenvalue weighted by molar-refractivity contribution is -0.121. The Bertz CT molecular complexity index is 355. The summed E-state index contributed by atoms with van der Waals surface area (Å²) in [6, 6.07) is 0.317. The first-order valence-electron chi connectivity index (χ1n) is 8.16. The molecule has 128 valence electrons. The topological polar surface area (TPSA) is 73.5 Å². The number of nitrogens with zero attached hydrogens (tertiary/aromatic N) is 1. The van der Waals surface area contributed by atoms with Crippen molar-refractivity contribution in [1.82, 2.24) is 20.9 Å². The summed E-state index contributed by atoms with van der Waals surface area (Å²) in [5, 5.41) is 8.66. The van der Waals surface area contributed by atoms with Crippen LogP contribution in [0.1, 0.15) is 44.9 Å². The van der Waals surface area contributed by atoms with Crippen LogP contribution in [0.3, 0.4) is 0 Å². The van der Waals surface area contributed by atoms with Crippen LogP contribution in [-0.4, -0.2) is 55.6 Å². The van der Waals surface area contributed by atoms with Gasteiger partial charge in [0.2, 0.25) is 5.91 Å². The molecule has 2 rings (SSSR count). The molecule has 22 heavy (non-hydrogen) atoms. The third-order valence-corrected chi connectivity index (χ3v) is 4.52. The number of halogens is 1. The third kappa shape index (κ3) is 6.50. The molecular formula is C15H29ClN4O2. The lowest BCUT2D eigenvalue weighted by Gasteiger charge is -2.31. The van der Waals surface area contributed by atoms with E-state index in [2.05, 4.69) is 16.0 Å². The smallest absolute Gasteiger partial charge is 0.321 e. The summed E-state index contributed by atoms with van der Waals surface area (Å²) >= 11 is 0. The van der Waals surface area contributed by atoms with E-state index in [0.29, 0.717) is 6.04 Å². The molecule has 3 N–H and O–H groups in total. The van der Waals surface area contributed by atoms with Gasteiger partial charge in [0.25, 0.3) is 0 Å². The highest BCUT2D eigenvalue weighted by Crippen LogP contribution is 2.17. The first-order valence-corrected chi connectivity index (χ1v) is 8.16. The minimum atomic E-state index is -0.342. The van der Waals surface area contributed by atoms with Crippen LogP contribution in [0.5, 0.6) is 0 Å². The average molecular weight is 333 g/mol. The number of amides is 3. The maximum absolute atomic E-state index is 11.9. The van der Waals surface area contributed by atoms with Gasteiger partial charge < -0.3 is 10.6 Å². The van der Waals surface area contributed by atoms with E-state index >= 15 is 0 Å². The Morgan fingerprint density at radius 1 is 1.09 bits per heavy atom. The van der Waals surface area contributed by atoms with Gasteiger partial charge in [0.05, 0.1) is 6.54 Å². The molecule has 7 heteroatoms. The Morgan fingerprint density at radius 3 is 2.36 bits per heavy atom. The van der Waals surface area contributed by atoms with Crippen LogP contribution in [0.2, 0.25) is 0 Å². The molecule has 2 aliphatic rings. The van der Waals surface area contributed by atoms with Crippen molar-refractivity contribution in [3.8, 4) is 0 Å². The third-order valence-electron chi connectivity index (χ3n) is 4.52. The number of nitrogens with one attached hydrogen (secondary N) is 3. The number of hydrogen-bond donors (Lipinski definition) is 3. The molecule has 0 radical (unpaired) electrons. The van der Waals surface area contributed by atoms with E-state index in [-0.39, 0.29) is 36.9 Å². The van der Waals surface area contributed by atoms with E-state index < -0.39 is 0 Å². The SMILES string of the molecule is CN(CC(=O)NC(=O)NC1CCCCC1)C1CCNCC1.Cl. The Labute approximate surface area is 139 Å². The fourth-order valence-electron chi connectivity index (χ4n) is 3.24. The summed E-state index contributed by atoms with van der Waals surface area (Å²) in [6.45, 7) is 2.28. The average Bonchev–Trinajstić information content (AvgIpc) is 2.48. The summed E-state index contributed by atoms with van der Waals surface area (Å²) in [5.41, 5.74) is 0. The number of urea groups is 1. The second-order valence-corrected chi connectivity index (χ2v) is 6.25. The van der Waals surface area contributed by atoms with Crippen LogP contribution in [0.25, 0.3) is 0 Å². The molecule has 1 heterocycles. The van der Waals surface area contributed by atoms with Gasteiger partial charge >= 0.3 is 6.03 Å². The van der Waals surface area contributed by atoms with Crippen molar-refractivity contribution in [2.75, 3.05) is 26.7 Å². The summed E-state index contributed by atoms with van der Waals surface area (Å²) < 4.78 is 0. The van der Waals surface area contributed by atoms with E-state index in [1.165, 1.54) is 6.42 Å². The normalized spacial score (nSPS) is 20.3. The molecule has 0 unspecified atom stereocenters. The second kappa shape index (κ2) is 10.0. The molecule has 3 amide bonds. The minimum Gasteiger partial charge on any atom is -0.335 e. The Hall–Kier alpha value is -0.850. The van der Waals surface area contributed by atoms with E-state index in [9.17, 15) is 9.59 Å². The molecule has 6 nitrogen and oxygen atoms in total. The maximum Gasteiger partial charge on any atom is 0.321 e. The molecule has 1 aliphatic heterocycles. The van der Waals surface area contributed by atoms with Crippen molar-refractivity contribution < 1.29 is 9.59 Å². The van der Waals surface area contributed by atoms with Crippen LogP contribution in [0.4, 0.5) is 4.79 Å². The highest BCUT2D eigenvalue weighted by molar-refractivity contribution is 5.95. The largest absolute Gasteiger partial charge is 0.335 e. The van der Waals surface area contributed by atoms with Crippen molar-refractivity contribution in [1.29, 1.82) is 0 Å². The molecule has 0 atom stereocenters. The summed E-state index contributed by atoms with van der Waals surface area (Å²) in [5.74, 6) is -0.218. The molecule has 0 bridgehead atoms. The summed E-state index contributed by atoms with van der Waals surface area (Å²) in [7, 11) is 1.95. The molecule has 0 aromatic carbocycles. The van der Waals surface area contributed by atoms with Gasteiger partial charge in [0, 0.05) is 12.1 Å². The fraction of sp³-hybridized carbons (Fsp3) is 0.867. The second-order valence-electron chi connectivity index (χ2n) is 6.25. The van der Waals surface area contributed by atoms with Gasteiger partial charge in [-0.3, -0.25) is 15.0 Å². The van der Waals surface area contributed by atoms with Crippen molar-refractivity contribution in [3.63, 3.8) is 0 Å². The number of piperidine rings is 1. The zero-order chi connectivity index (χ0) is 15.1. The highest BCUT2D eigenvalue weighted by atomic mass is 35.5. The van der Waals surface area contributed by atoms with Gasteiger partial charge in [-0.1, -0.05) is 19.3 Å². The first kappa shape index (κ1) is 19.2. The highest BCUT2D eigenvalue weighted by Gasteiger charge is 2.21. The first-order chi connectivity index (χ1) is 10.1. The van der Waals surface area contributed by atoms with E-state index in [0.717, 1.165) is 51.6 Å². The molecule has 1 aliphatic carbocycles. The maximum atomic E-state index is 11.9. The number of hydrogen-bond acceptors (Lipinski definition) is 4. The van der Waals surface area contributed by atoms with Crippen LogP contribution in [0.15, 0.2) is 0 Å². The molecule has 0 aromatic heterocycles. The molecular weight excluding hydrogens is 304 g/mol. The zero-order valence-electron chi connectivity index (χ0n) is 13.4. The standard InChI is InChI=1S/C15H28N4O2.ClH/c1-19(13-7-9-16-10-8-13)11-14(20)18-15(21)17-12-5-3-2-4-6-12;/h12-13,16H,2-11H2,1H3,(H2,17,18,20,21);1H. The van der Waals surface area contributed by atoms with Crippen LogP contribution < -0.4 is 16.0 Å². The number of likely N-dealkylation sites (N-methyl/N-ethyl adjacent to an activating group) is 1. The fourth-order valence-corrected chi connectivity index (χ4v) is 3.24. The lowest BCUT2D eigenvalue weighted by atomic mass is 9.96. The monoisotopic (exact) mass is 332 g/mol. The van der Waals surface area contributed by atoms with E-state index in [4.69, 9.17) is 0 Å². The van der Waals surface area contributed by atoms with Gasteiger partial charge in [0.1, 0.15) is 0 Å². The van der Waals surface area contributed by atoms with E-state index in [1.54, 1.807) is 0 Å². The minimum absolute atomic E-state index is 0. The van der Waals surface area contributed by atoms with Crippen molar-refractivity contribution in [2.45, 2.75) is 57.0 Å².